The van der Waals surface area contributed by atoms with E-state index in [1.165, 1.54) is 0 Å². The van der Waals surface area contributed by atoms with Gasteiger partial charge in [-0.2, -0.15) is 0 Å². The van der Waals surface area contributed by atoms with Crippen LogP contribution in [0.3, 0.4) is 0 Å². The van der Waals surface area contributed by atoms with Gasteiger partial charge in [-0.1, -0.05) is 425 Å². The van der Waals surface area contributed by atoms with E-state index in [4.69, 9.17) is 34.2 Å². The van der Waals surface area contributed by atoms with Gasteiger partial charge in [0.15, 0.2) is 0 Å². The first-order valence-electron chi connectivity index (χ1n) is 35.6. The van der Waals surface area contributed by atoms with Crippen LogP contribution in [0.25, 0.3) is 0 Å². The van der Waals surface area contributed by atoms with Crippen LogP contribution in [-0.2, 0) is 46.5 Å². The summed E-state index contributed by atoms with van der Waals surface area (Å²) in [7, 11) is -29.8. The molecule has 19 heteroatoms. The lowest BCUT2D eigenvalue weighted by Gasteiger charge is -2.51. The van der Waals surface area contributed by atoms with Crippen molar-refractivity contribution in [3.8, 4) is 0 Å². The molecule has 0 saturated carbocycles. The third-order valence-corrected chi connectivity index (χ3v) is 52.5. The first-order valence-corrected chi connectivity index (χ1v) is 49.9. The van der Waals surface area contributed by atoms with E-state index in [-0.39, 0.29) is 0 Å². The molecular weight excluding hydrogens is 1460 g/mol. The summed E-state index contributed by atoms with van der Waals surface area (Å²) in [6.07, 6.45) is 0. The fourth-order valence-corrected chi connectivity index (χ4v) is 54.0. The summed E-state index contributed by atoms with van der Waals surface area (Å²) in [5, 5.41) is 10.7. The Morgan fingerprint density at radius 3 is 0.318 bits per heavy atom. The van der Waals surface area contributed by atoms with Gasteiger partial charge in [-0.25, -0.2) is 0 Å². The van der Waals surface area contributed by atoms with Crippen molar-refractivity contribution in [1.82, 2.24) is 0 Å². The molecule has 107 heavy (non-hydrogen) atoms. The topological polar surface area (TPSA) is 102 Å². The molecule has 0 aliphatic heterocycles. The largest absolute Gasteiger partial charge is 0.528 e. The van der Waals surface area contributed by atoms with Gasteiger partial charge in [0, 0.05) is 38.8 Å². The van der Waals surface area contributed by atoms with Gasteiger partial charge in [0.05, 0.1) is 0 Å². The van der Waals surface area contributed by atoms with Crippen molar-refractivity contribution in [3.05, 3.63) is 425 Å². The Bertz CT molecular complexity index is 4460. The maximum absolute atomic E-state index is 9.45. The minimum atomic E-state index is -4.87. The van der Waals surface area contributed by atoms with Crippen molar-refractivity contribution in [3.63, 3.8) is 0 Å². The molecule has 0 spiro atoms. The lowest BCUT2D eigenvalue weighted by Crippen LogP contribution is -2.86. The fraction of sp³-hybridized carbons (Fsp3) is 0.0455. The van der Waals surface area contributed by atoms with Crippen molar-refractivity contribution >= 4 is 142 Å². The van der Waals surface area contributed by atoms with E-state index in [1.54, 1.807) is 28.4 Å². The van der Waals surface area contributed by atoms with Gasteiger partial charge in [-0.15, -0.1) is 0 Å². The van der Waals surface area contributed by atoms with Gasteiger partial charge < -0.3 is 46.5 Å². The normalized spacial score (nSPS) is 12.5. The highest BCUT2D eigenvalue weighted by atomic mass is 28.5. The van der Waals surface area contributed by atoms with Crippen molar-refractivity contribution in [2.45, 2.75) is 0 Å². The monoisotopic (exact) mass is 1540 g/mol. The van der Waals surface area contributed by atoms with Gasteiger partial charge in [0.2, 0.25) is 0 Å². The molecule has 0 radical (unpaired) electrons. The third-order valence-electron chi connectivity index (χ3n) is 19.2. The summed E-state index contributed by atoms with van der Waals surface area (Å²) >= 11 is 0. The van der Waals surface area contributed by atoms with Crippen molar-refractivity contribution < 1.29 is 46.5 Å². The van der Waals surface area contributed by atoms with Crippen LogP contribution < -0.4 is 72.6 Å². The molecule has 0 saturated heterocycles. The second-order valence-electron chi connectivity index (χ2n) is 25.5. The van der Waals surface area contributed by atoms with E-state index in [0.29, 0.717) is 0 Å². The van der Waals surface area contributed by atoms with E-state index in [9.17, 15) is 12.3 Å². The smallest absolute Gasteiger partial charge is 0.402 e. The van der Waals surface area contributed by atoms with Crippen LogP contribution >= 0.6 is 0 Å². The predicted molar refractivity (Wildman–Crippen MR) is 447 cm³/mol. The molecule has 532 valence electrons. The highest BCUT2D eigenvalue weighted by Crippen LogP contribution is 2.33. The van der Waals surface area contributed by atoms with Crippen molar-refractivity contribution in [1.29, 1.82) is 0 Å². The Balaban J connectivity index is 1.14. The second kappa shape index (κ2) is 33.7. The van der Waals surface area contributed by atoms with Crippen LogP contribution in [0.5, 0.6) is 0 Å². The zero-order chi connectivity index (χ0) is 73.4. The standard InChI is InChI=1S/C88H82O11Si8/c1-89-106(90-2,87-71-43-17-44-72-87)98-104(83-63-35-13-36-64-83,84-65-37-14-38-66-84)96-102(79-55-27-9-28-56-79,80-57-29-10-30-58-80)94-100(75-47-19-5-20-48-75,76-49-21-6-22-50-76)93-101(77-51-23-7-24-52-77,78-53-25-8-26-54-78)95-103(81-59-31-11-32-60-81,82-61-33-12-34-62-82)97-105(85-67-39-15-40-68-85,86-69-41-16-42-70-86)99-107(91-3,92-4)88-73-45-18-46-74-88/h5-74H,1-4H3. The molecule has 0 bridgehead atoms. The quantitative estimate of drug-likeness (QED) is 0.0378. The minimum Gasteiger partial charge on any atom is -0.402 e. The first kappa shape index (κ1) is 74.2. The molecular formula is C88H82O11Si8. The summed E-state index contributed by atoms with van der Waals surface area (Å²) in [5.41, 5.74) is 0. The maximum Gasteiger partial charge on any atom is 0.528 e. The van der Waals surface area contributed by atoms with Crippen molar-refractivity contribution in [2.75, 3.05) is 28.4 Å². The molecule has 0 N–H and O–H groups in total. The average molecular weight is 1540 g/mol. The van der Waals surface area contributed by atoms with E-state index in [2.05, 4.69) is 243 Å². The van der Waals surface area contributed by atoms with E-state index < -0.39 is 69.0 Å². The summed E-state index contributed by atoms with van der Waals surface area (Å²) in [4.78, 5) is 0. The van der Waals surface area contributed by atoms with Gasteiger partial charge >= 0.3 is 69.0 Å². The van der Waals surface area contributed by atoms with Crippen LogP contribution in [0, 0.1) is 0 Å². The molecule has 0 amide bonds. The Morgan fingerprint density at radius 2 is 0.215 bits per heavy atom. The Hall–Kier alpha value is -9.62. The Labute approximate surface area is 636 Å². The SMILES string of the molecule is CO[Si](OC)(O[Si](O[Si](O[Si](O[Si](O[Si](O[Si](O[Si](OC)(OC)c1ccccc1)(c1ccccc1)c1ccccc1)(c1ccccc1)c1ccccc1)(c1ccccc1)c1ccccc1)(c1ccccc1)c1ccccc1)(c1ccccc1)c1ccccc1)(c1ccccc1)c1ccccc1)c1ccccc1. The zero-order valence-electron chi connectivity index (χ0n) is 59.9. The lowest BCUT2D eigenvalue weighted by molar-refractivity contribution is 0.163. The molecule has 14 rings (SSSR count). The van der Waals surface area contributed by atoms with Gasteiger partial charge in [0.1, 0.15) is 0 Å². The summed E-state index contributed by atoms with van der Waals surface area (Å²) in [6.45, 7) is 0. The number of hydrogen-bond acceptors (Lipinski definition) is 11. The summed E-state index contributed by atoms with van der Waals surface area (Å²) in [6, 6.07) is 144. The Kier molecular flexibility index (Phi) is 23.4. The summed E-state index contributed by atoms with van der Waals surface area (Å²) in [5.74, 6) is 0. The molecule has 0 atom stereocenters. The highest BCUT2D eigenvalue weighted by Gasteiger charge is 2.68. The van der Waals surface area contributed by atoms with Crippen LogP contribution in [0.1, 0.15) is 0 Å². The van der Waals surface area contributed by atoms with E-state index >= 15 is 0 Å². The second-order valence-corrected chi connectivity index (χ2v) is 50.5. The molecule has 0 aliphatic rings. The first-order chi connectivity index (χ1) is 52.7. The number of rotatable bonds is 32. The third kappa shape index (κ3) is 14.9. The predicted octanol–water partition coefficient (Wildman–Crippen LogP) is 8.92. The van der Waals surface area contributed by atoms with Crippen LogP contribution in [0.2, 0.25) is 0 Å². The molecule has 0 fully saturated rings. The van der Waals surface area contributed by atoms with Crippen LogP contribution in [0.4, 0.5) is 0 Å². The van der Waals surface area contributed by atoms with E-state index in [0.717, 1.165) is 72.6 Å². The fourth-order valence-electron chi connectivity index (χ4n) is 14.0. The average Bonchev–Trinajstić information content (AvgIpc) is 0.706. The van der Waals surface area contributed by atoms with Gasteiger partial charge in [-0.05, 0) is 62.2 Å². The lowest BCUT2D eigenvalue weighted by atomic mass is 10.4. The van der Waals surface area contributed by atoms with E-state index in [1.807, 2.05) is 182 Å². The molecule has 0 unspecified atom stereocenters. The van der Waals surface area contributed by atoms with Crippen LogP contribution in [0.15, 0.2) is 425 Å². The molecule has 14 aromatic carbocycles. The molecule has 11 nitrogen and oxygen atoms in total. The summed E-state index contributed by atoms with van der Waals surface area (Å²) < 4.78 is 90.3. The Morgan fingerprint density at radius 1 is 0.121 bits per heavy atom. The van der Waals surface area contributed by atoms with Gasteiger partial charge in [-0.3, -0.25) is 0 Å². The molecule has 0 heterocycles. The highest BCUT2D eigenvalue weighted by molar-refractivity contribution is 7.15. The maximum atomic E-state index is 9.45. The molecule has 14 aromatic rings. The minimum absolute atomic E-state index is 0.741. The van der Waals surface area contributed by atoms with Crippen molar-refractivity contribution in [2.24, 2.45) is 0 Å². The van der Waals surface area contributed by atoms with Gasteiger partial charge in [0.25, 0.3) is 0 Å². The van der Waals surface area contributed by atoms with Crippen LogP contribution in [-0.4, -0.2) is 97.4 Å². The molecule has 0 aromatic heterocycles. The molecule has 0 aliphatic carbocycles. The number of hydrogen-bond donors (Lipinski definition) is 0. The zero-order valence-corrected chi connectivity index (χ0v) is 67.9. The number of benzene rings is 14.